The van der Waals surface area contributed by atoms with Crippen molar-refractivity contribution in [2.45, 2.75) is 83.1 Å². The molecule has 2 radical (unpaired) electrons. The zero-order valence-corrected chi connectivity index (χ0v) is 18.8. The van der Waals surface area contributed by atoms with E-state index >= 15 is 0 Å². The molecule has 4 aliphatic carbocycles. The van der Waals surface area contributed by atoms with Crippen molar-refractivity contribution in [3.05, 3.63) is 35.9 Å². The Morgan fingerprint density at radius 2 is 1.74 bits per heavy atom. The van der Waals surface area contributed by atoms with Crippen molar-refractivity contribution < 1.29 is 14.3 Å². The van der Waals surface area contributed by atoms with E-state index in [0.717, 1.165) is 32.1 Å². The van der Waals surface area contributed by atoms with Gasteiger partial charge in [0, 0.05) is 18.3 Å². The van der Waals surface area contributed by atoms with Crippen LogP contribution in [0.25, 0.3) is 0 Å². The molecule has 5 rings (SSSR count). The number of ketones is 1. The van der Waals surface area contributed by atoms with E-state index in [0.29, 0.717) is 42.4 Å². The van der Waals surface area contributed by atoms with E-state index in [1.165, 1.54) is 24.8 Å². The average Bonchev–Trinajstić information content (AvgIpc) is 3.11. The summed E-state index contributed by atoms with van der Waals surface area (Å²) in [6, 6.07) is 10.2. The fraction of sp³-hybridized carbons (Fsp3) is 0.704. The van der Waals surface area contributed by atoms with Gasteiger partial charge in [0.1, 0.15) is 11.9 Å². The van der Waals surface area contributed by atoms with Crippen molar-refractivity contribution in [3.8, 4) is 0 Å². The molecule has 4 heteroatoms. The highest BCUT2D eigenvalue weighted by atomic mass is 16.5. The number of carbonyl (C=O) groups excluding carboxylic acids is 2. The molecule has 4 aliphatic rings. The normalized spacial score (nSPS) is 41.7. The number of ether oxygens (including phenoxy) is 1. The van der Waals surface area contributed by atoms with Crippen LogP contribution in [-0.4, -0.2) is 25.7 Å². The molecule has 31 heavy (non-hydrogen) atoms. The monoisotopic (exact) mass is 418 g/mol. The number of fused-ring (bicyclic) bond motifs is 5. The van der Waals surface area contributed by atoms with Crippen LogP contribution in [0.2, 0.25) is 5.82 Å². The van der Waals surface area contributed by atoms with Crippen LogP contribution in [0.4, 0.5) is 0 Å². The van der Waals surface area contributed by atoms with Gasteiger partial charge in [0.05, 0.1) is 7.85 Å². The van der Waals surface area contributed by atoms with Gasteiger partial charge < -0.3 is 9.53 Å². The second kappa shape index (κ2) is 8.41. The molecule has 0 spiro atoms. The second-order valence-electron chi connectivity index (χ2n) is 11.0. The largest absolute Gasteiger partial charge is 0.462 e. The van der Waals surface area contributed by atoms with Gasteiger partial charge in [-0.3, -0.25) is 4.79 Å². The lowest BCUT2D eigenvalue weighted by Crippen LogP contribution is -2.51. The molecule has 4 saturated carbocycles. The molecular weight excluding hydrogens is 383 g/mol. The molecule has 8 unspecified atom stereocenters. The third kappa shape index (κ3) is 3.78. The lowest BCUT2D eigenvalue weighted by Gasteiger charge is -2.56. The second-order valence-corrected chi connectivity index (χ2v) is 11.0. The molecule has 8 atom stereocenters. The van der Waals surface area contributed by atoms with E-state index in [4.69, 9.17) is 12.6 Å². The van der Waals surface area contributed by atoms with Crippen LogP contribution in [0, 0.1) is 35.0 Å². The smallest absolute Gasteiger partial charge is 0.306 e. The Hall–Kier alpha value is -1.58. The van der Waals surface area contributed by atoms with Crippen LogP contribution >= 0.6 is 0 Å². The van der Waals surface area contributed by atoms with E-state index in [2.05, 4.69) is 19.1 Å². The van der Waals surface area contributed by atoms with Crippen molar-refractivity contribution in [1.82, 2.24) is 0 Å². The summed E-state index contributed by atoms with van der Waals surface area (Å²) in [4.78, 5) is 24.8. The summed E-state index contributed by atoms with van der Waals surface area (Å²) in [6.45, 7) is 2.39. The van der Waals surface area contributed by atoms with Gasteiger partial charge in [-0.1, -0.05) is 37.3 Å². The standard InChI is InChI=1S/C27H35BO3/c1-27-16-15-19-18-10-12-23(29)26(28)21(18)9-8-20(19)22(27)11-13-24(27)31-25(30)14-7-17-5-3-2-4-6-17/h2-6,18-22,24,26H,7-16H2,1H3. The van der Waals surface area contributed by atoms with Gasteiger partial charge in [-0.2, -0.15) is 0 Å². The Morgan fingerprint density at radius 1 is 1.00 bits per heavy atom. The zero-order chi connectivity index (χ0) is 21.6. The first-order chi connectivity index (χ1) is 15.0. The highest BCUT2D eigenvalue weighted by molar-refractivity contribution is 6.24. The quantitative estimate of drug-likeness (QED) is 0.491. The predicted molar refractivity (Wildman–Crippen MR) is 122 cm³/mol. The van der Waals surface area contributed by atoms with Crippen molar-refractivity contribution in [2.24, 2.45) is 35.0 Å². The summed E-state index contributed by atoms with van der Waals surface area (Å²) in [5.41, 5.74) is 1.31. The minimum absolute atomic E-state index is 0.0432. The van der Waals surface area contributed by atoms with Gasteiger partial charge in [0.25, 0.3) is 0 Å². The molecule has 0 N–H and O–H groups in total. The summed E-state index contributed by atoms with van der Waals surface area (Å²) in [6.07, 6.45) is 9.82. The van der Waals surface area contributed by atoms with Crippen molar-refractivity contribution in [3.63, 3.8) is 0 Å². The predicted octanol–water partition coefficient (Wildman–Crippen LogP) is 5.32. The van der Waals surface area contributed by atoms with Gasteiger partial charge in [0.2, 0.25) is 0 Å². The van der Waals surface area contributed by atoms with E-state index in [-0.39, 0.29) is 29.1 Å². The molecule has 1 aromatic carbocycles. The van der Waals surface area contributed by atoms with Gasteiger partial charge in [-0.15, -0.1) is 0 Å². The van der Waals surface area contributed by atoms with Crippen molar-refractivity contribution in [2.75, 3.05) is 0 Å². The molecule has 0 bridgehead atoms. The summed E-state index contributed by atoms with van der Waals surface area (Å²) in [5, 5.41) is 0. The summed E-state index contributed by atoms with van der Waals surface area (Å²) < 4.78 is 6.12. The molecule has 0 saturated heterocycles. The van der Waals surface area contributed by atoms with Crippen LogP contribution in [-0.2, 0) is 20.7 Å². The molecule has 1 aromatic rings. The SMILES string of the molecule is [B]C1C(=O)CCC2C1CCC1C2CCC2(C)C(OC(=O)CCc3ccccc3)CCC12. The maximum absolute atomic E-state index is 12.7. The lowest BCUT2D eigenvalue weighted by atomic mass is 9.47. The Labute approximate surface area is 188 Å². The molecule has 164 valence electrons. The van der Waals surface area contributed by atoms with Crippen molar-refractivity contribution in [1.29, 1.82) is 0 Å². The number of benzene rings is 1. The number of Topliss-reactive ketones (excluding diaryl/α,β-unsaturated/α-hetero) is 1. The first-order valence-electron chi connectivity index (χ1n) is 12.5. The molecule has 4 fully saturated rings. The molecule has 3 nitrogen and oxygen atoms in total. The Kier molecular flexibility index (Phi) is 5.77. The van der Waals surface area contributed by atoms with Crippen molar-refractivity contribution >= 4 is 19.6 Å². The molecular formula is C27H35BO3. The third-order valence-corrected chi connectivity index (χ3v) is 9.63. The highest BCUT2D eigenvalue weighted by Gasteiger charge is 2.58. The van der Waals surface area contributed by atoms with Crippen LogP contribution in [0.3, 0.4) is 0 Å². The number of aryl methyl sites for hydroxylation is 1. The molecule has 0 heterocycles. The van der Waals surface area contributed by atoms with Crippen LogP contribution in [0.15, 0.2) is 30.3 Å². The Morgan fingerprint density at radius 3 is 2.55 bits per heavy atom. The first kappa shape index (κ1) is 21.3. The molecule has 0 amide bonds. The Bertz CT molecular complexity index is 823. The highest BCUT2D eigenvalue weighted by Crippen LogP contribution is 2.63. The van der Waals surface area contributed by atoms with E-state index in [1.807, 2.05) is 18.2 Å². The maximum Gasteiger partial charge on any atom is 0.306 e. The number of rotatable bonds is 4. The van der Waals surface area contributed by atoms with Gasteiger partial charge >= 0.3 is 5.97 Å². The number of hydrogen-bond acceptors (Lipinski definition) is 3. The number of esters is 1. The first-order valence-corrected chi connectivity index (χ1v) is 12.5. The fourth-order valence-corrected chi connectivity index (χ4v) is 8.02. The fourth-order valence-electron chi connectivity index (χ4n) is 8.02. The average molecular weight is 418 g/mol. The minimum Gasteiger partial charge on any atom is -0.462 e. The van der Waals surface area contributed by atoms with Gasteiger partial charge in [-0.05, 0) is 92.3 Å². The number of hydrogen-bond donors (Lipinski definition) is 0. The zero-order valence-electron chi connectivity index (χ0n) is 18.8. The van der Waals surface area contributed by atoms with E-state index in [1.54, 1.807) is 0 Å². The van der Waals surface area contributed by atoms with Crippen LogP contribution in [0.1, 0.15) is 70.3 Å². The topological polar surface area (TPSA) is 43.4 Å². The summed E-state index contributed by atoms with van der Waals surface area (Å²) in [7, 11) is 6.33. The number of carbonyl (C=O) groups is 2. The van der Waals surface area contributed by atoms with Crippen LogP contribution < -0.4 is 0 Å². The maximum atomic E-state index is 12.7. The summed E-state index contributed by atoms with van der Waals surface area (Å²) >= 11 is 0. The molecule has 0 aromatic heterocycles. The third-order valence-electron chi connectivity index (χ3n) is 9.63. The van der Waals surface area contributed by atoms with E-state index < -0.39 is 0 Å². The van der Waals surface area contributed by atoms with Crippen LogP contribution in [0.5, 0.6) is 0 Å². The minimum atomic E-state index is -0.227. The Balaban J connectivity index is 1.23. The lowest BCUT2D eigenvalue weighted by molar-refractivity contribution is -0.160. The van der Waals surface area contributed by atoms with Gasteiger partial charge in [-0.25, -0.2) is 0 Å². The van der Waals surface area contributed by atoms with E-state index in [9.17, 15) is 9.59 Å². The molecule has 0 aliphatic heterocycles. The summed E-state index contributed by atoms with van der Waals surface area (Å²) in [5.74, 6) is 3.12. The van der Waals surface area contributed by atoms with Gasteiger partial charge in [0.15, 0.2) is 0 Å².